The number of nitrogens with zero attached hydrogens (tertiary/aromatic N) is 2. The molecule has 19 heavy (non-hydrogen) atoms. The summed E-state index contributed by atoms with van der Waals surface area (Å²) in [4.78, 5) is 6.77. The molecule has 0 spiro atoms. The van der Waals surface area contributed by atoms with Crippen molar-refractivity contribution in [3.63, 3.8) is 0 Å². The Balaban J connectivity index is 1.61. The lowest BCUT2D eigenvalue weighted by Crippen LogP contribution is -2.32. The third-order valence-electron chi connectivity index (χ3n) is 3.93. The molecule has 1 aliphatic rings. The summed E-state index contributed by atoms with van der Waals surface area (Å²) in [5, 5.41) is 3.53. The summed E-state index contributed by atoms with van der Waals surface area (Å²) in [5.41, 5.74) is 2.94. The standard InChI is InChI=1S/C15H21N3O/c1-11-17-14-9-13(3-4-15(14)19-11)16-10-12-5-7-18(2)8-6-12/h3-4,9,12,16H,5-8,10H2,1-2H3. The van der Waals surface area contributed by atoms with Crippen molar-refractivity contribution in [3.05, 3.63) is 24.1 Å². The van der Waals surface area contributed by atoms with Crippen molar-refractivity contribution in [1.82, 2.24) is 9.88 Å². The van der Waals surface area contributed by atoms with Crippen LogP contribution >= 0.6 is 0 Å². The van der Waals surface area contributed by atoms with Crippen molar-refractivity contribution in [1.29, 1.82) is 0 Å². The van der Waals surface area contributed by atoms with Crippen LogP contribution in [0.15, 0.2) is 22.6 Å². The van der Waals surface area contributed by atoms with Crippen molar-refractivity contribution in [2.45, 2.75) is 19.8 Å². The number of likely N-dealkylation sites (tertiary alicyclic amines) is 1. The molecule has 0 unspecified atom stereocenters. The van der Waals surface area contributed by atoms with Gasteiger partial charge in [-0.3, -0.25) is 0 Å². The van der Waals surface area contributed by atoms with Gasteiger partial charge in [0.2, 0.25) is 0 Å². The molecule has 0 aliphatic carbocycles. The van der Waals surface area contributed by atoms with Crippen molar-refractivity contribution >= 4 is 16.8 Å². The van der Waals surface area contributed by atoms with Crippen LogP contribution in [0.5, 0.6) is 0 Å². The number of fused-ring (bicyclic) bond motifs is 1. The average molecular weight is 259 g/mol. The van der Waals surface area contributed by atoms with Crippen LogP contribution < -0.4 is 5.32 Å². The van der Waals surface area contributed by atoms with Gasteiger partial charge < -0.3 is 14.6 Å². The predicted molar refractivity (Wildman–Crippen MR) is 77.5 cm³/mol. The molecule has 0 amide bonds. The largest absolute Gasteiger partial charge is 0.441 e. The number of hydrogen-bond donors (Lipinski definition) is 1. The number of nitrogens with one attached hydrogen (secondary N) is 1. The molecule has 1 N–H and O–H groups in total. The fourth-order valence-electron chi connectivity index (χ4n) is 2.68. The normalized spacial score (nSPS) is 18.0. The SMILES string of the molecule is Cc1nc2cc(NCC3CCN(C)CC3)ccc2o1. The van der Waals surface area contributed by atoms with Gasteiger partial charge in [-0.2, -0.15) is 0 Å². The van der Waals surface area contributed by atoms with Gasteiger partial charge in [-0.25, -0.2) is 4.98 Å². The van der Waals surface area contributed by atoms with E-state index in [9.17, 15) is 0 Å². The number of aryl methyl sites for hydroxylation is 1. The van der Waals surface area contributed by atoms with E-state index in [1.54, 1.807) is 0 Å². The van der Waals surface area contributed by atoms with E-state index in [1.165, 1.54) is 25.9 Å². The van der Waals surface area contributed by atoms with E-state index in [-0.39, 0.29) is 0 Å². The van der Waals surface area contributed by atoms with E-state index in [1.807, 2.05) is 13.0 Å². The van der Waals surface area contributed by atoms with E-state index >= 15 is 0 Å². The number of hydrogen-bond acceptors (Lipinski definition) is 4. The third-order valence-corrected chi connectivity index (χ3v) is 3.93. The molecule has 2 heterocycles. The Morgan fingerprint density at radius 2 is 2.16 bits per heavy atom. The molecule has 0 radical (unpaired) electrons. The molecular formula is C15H21N3O. The number of oxazole rings is 1. The van der Waals surface area contributed by atoms with Crippen molar-refractivity contribution in [2.24, 2.45) is 5.92 Å². The zero-order chi connectivity index (χ0) is 13.2. The molecule has 1 aromatic carbocycles. The first-order valence-corrected chi connectivity index (χ1v) is 7.00. The molecule has 2 aromatic rings. The lowest BCUT2D eigenvalue weighted by atomic mass is 9.97. The van der Waals surface area contributed by atoms with Crippen LogP contribution in [0.4, 0.5) is 5.69 Å². The first-order chi connectivity index (χ1) is 9.20. The van der Waals surface area contributed by atoms with Gasteiger partial charge in [0.1, 0.15) is 5.52 Å². The second-order valence-electron chi connectivity index (χ2n) is 5.54. The van der Waals surface area contributed by atoms with E-state index in [4.69, 9.17) is 4.42 Å². The topological polar surface area (TPSA) is 41.3 Å². The van der Waals surface area contributed by atoms with Gasteiger partial charge in [0.05, 0.1) is 0 Å². The zero-order valence-corrected chi connectivity index (χ0v) is 11.6. The molecule has 3 rings (SSSR count). The van der Waals surface area contributed by atoms with E-state index < -0.39 is 0 Å². The Hall–Kier alpha value is -1.55. The molecule has 102 valence electrons. The Morgan fingerprint density at radius 1 is 1.37 bits per heavy atom. The van der Waals surface area contributed by atoms with Crippen LogP contribution in [0.3, 0.4) is 0 Å². The number of rotatable bonds is 3. The minimum Gasteiger partial charge on any atom is -0.441 e. The maximum Gasteiger partial charge on any atom is 0.192 e. The van der Waals surface area contributed by atoms with Crippen LogP contribution in [0.25, 0.3) is 11.1 Å². The van der Waals surface area contributed by atoms with Gasteiger partial charge in [0, 0.05) is 19.2 Å². The van der Waals surface area contributed by atoms with E-state index in [0.29, 0.717) is 0 Å². The Labute approximate surface area is 113 Å². The van der Waals surface area contributed by atoms with Gasteiger partial charge in [0.15, 0.2) is 11.5 Å². The van der Waals surface area contributed by atoms with Crippen molar-refractivity contribution in [2.75, 3.05) is 32.0 Å². The minimum absolute atomic E-state index is 0.725. The minimum atomic E-state index is 0.725. The summed E-state index contributed by atoms with van der Waals surface area (Å²) in [6.07, 6.45) is 2.57. The van der Waals surface area contributed by atoms with Gasteiger partial charge in [-0.15, -0.1) is 0 Å². The first-order valence-electron chi connectivity index (χ1n) is 7.00. The molecule has 0 saturated carbocycles. The summed E-state index contributed by atoms with van der Waals surface area (Å²) >= 11 is 0. The monoisotopic (exact) mass is 259 g/mol. The summed E-state index contributed by atoms with van der Waals surface area (Å²) in [6, 6.07) is 6.13. The van der Waals surface area contributed by atoms with Crippen molar-refractivity contribution in [3.8, 4) is 0 Å². The highest BCUT2D eigenvalue weighted by atomic mass is 16.3. The maximum atomic E-state index is 5.48. The summed E-state index contributed by atoms with van der Waals surface area (Å²) < 4.78 is 5.48. The first kappa shape index (κ1) is 12.5. The van der Waals surface area contributed by atoms with Crippen LogP contribution in [-0.2, 0) is 0 Å². The lowest BCUT2D eigenvalue weighted by Gasteiger charge is -2.29. The van der Waals surface area contributed by atoms with Crippen LogP contribution in [-0.4, -0.2) is 36.6 Å². The van der Waals surface area contributed by atoms with E-state index in [0.717, 1.165) is 35.1 Å². The van der Waals surface area contributed by atoms with Crippen LogP contribution in [0.2, 0.25) is 0 Å². The Bertz CT molecular complexity index is 556. The molecule has 4 heteroatoms. The summed E-state index contributed by atoms with van der Waals surface area (Å²) in [7, 11) is 2.20. The van der Waals surface area contributed by atoms with Gasteiger partial charge >= 0.3 is 0 Å². The van der Waals surface area contributed by atoms with E-state index in [2.05, 4.69) is 34.4 Å². The van der Waals surface area contributed by atoms with Gasteiger partial charge in [-0.05, 0) is 57.1 Å². The third kappa shape index (κ3) is 2.89. The van der Waals surface area contributed by atoms with Gasteiger partial charge in [-0.1, -0.05) is 0 Å². The maximum absolute atomic E-state index is 5.48. The molecule has 1 saturated heterocycles. The zero-order valence-electron chi connectivity index (χ0n) is 11.6. The quantitative estimate of drug-likeness (QED) is 0.920. The highest BCUT2D eigenvalue weighted by molar-refractivity contribution is 5.77. The van der Waals surface area contributed by atoms with Crippen LogP contribution in [0, 0.1) is 12.8 Å². The molecule has 1 aliphatic heterocycles. The average Bonchev–Trinajstić information content (AvgIpc) is 2.77. The highest BCUT2D eigenvalue weighted by Crippen LogP contribution is 2.21. The lowest BCUT2D eigenvalue weighted by molar-refractivity contribution is 0.226. The number of anilines is 1. The predicted octanol–water partition coefficient (Wildman–Crippen LogP) is 2.89. The number of benzene rings is 1. The molecule has 0 bridgehead atoms. The fourth-order valence-corrected chi connectivity index (χ4v) is 2.68. The molecule has 1 aromatic heterocycles. The smallest absolute Gasteiger partial charge is 0.192 e. The number of piperidine rings is 1. The van der Waals surface area contributed by atoms with Crippen molar-refractivity contribution < 1.29 is 4.42 Å². The summed E-state index contributed by atoms with van der Waals surface area (Å²) in [5.74, 6) is 1.51. The summed E-state index contributed by atoms with van der Waals surface area (Å²) in [6.45, 7) is 5.36. The molecule has 0 atom stereocenters. The Morgan fingerprint density at radius 3 is 2.95 bits per heavy atom. The van der Waals surface area contributed by atoms with Gasteiger partial charge in [0.25, 0.3) is 0 Å². The fraction of sp³-hybridized carbons (Fsp3) is 0.533. The molecular weight excluding hydrogens is 238 g/mol. The Kier molecular flexibility index (Phi) is 3.42. The molecule has 4 nitrogen and oxygen atoms in total. The highest BCUT2D eigenvalue weighted by Gasteiger charge is 2.16. The second kappa shape index (κ2) is 5.21. The second-order valence-corrected chi connectivity index (χ2v) is 5.54. The molecule has 1 fully saturated rings. The number of aromatic nitrogens is 1. The van der Waals surface area contributed by atoms with Crippen LogP contribution in [0.1, 0.15) is 18.7 Å².